The summed E-state index contributed by atoms with van der Waals surface area (Å²) in [6, 6.07) is 16.1. The van der Waals surface area contributed by atoms with Crippen LogP contribution in [0.25, 0.3) is 0 Å². The van der Waals surface area contributed by atoms with Crippen molar-refractivity contribution in [1.29, 1.82) is 0 Å². The Morgan fingerprint density at radius 3 is 2.61 bits per heavy atom. The number of carbonyl (C=O) groups excluding carboxylic acids is 2. The highest BCUT2D eigenvalue weighted by Gasteiger charge is 2.42. The van der Waals surface area contributed by atoms with Crippen molar-refractivity contribution >= 4 is 40.6 Å². The number of dihydropyridines is 1. The summed E-state index contributed by atoms with van der Waals surface area (Å²) in [5.74, 6) is 0.0789. The predicted molar refractivity (Wildman–Crippen MR) is 147 cm³/mol. The van der Waals surface area contributed by atoms with Gasteiger partial charge in [-0.3, -0.25) is 9.59 Å². The highest BCUT2D eigenvalue weighted by atomic mass is 32.2. The summed E-state index contributed by atoms with van der Waals surface area (Å²) in [5, 5.41) is 6.46. The second-order valence-electron chi connectivity index (χ2n) is 9.40. The number of amides is 1. The smallest absolute Gasteiger partial charge is 0.255 e. The molecule has 2 atom stereocenters. The Kier molecular flexibility index (Phi) is 6.86. The number of thioether (sulfide) groups is 1. The Morgan fingerprint density at radius 2 is 1.89 bits per heavy atom. The van der Waals surface area contributed by atoms with Gasteiger partial charge in [0.05, 0.1) is 4.21 Å². The molecule has 0 fully saturated rings. The molecular weight excluding hydrogens is 486 g/mol. The van der Waals surface area contributed by atoms with Gasteiger partial charge < -0.3 is 10.6 Å². The molecule has 7 heteroatoms. The maximum absolute atomic E-state index is 13.8. The fourth-order valence-corrected chi connectivity index (χ4v) is 7.19. The number of benzene rings is 1. The number of anilines is 1. The van der Waals surface area contributed by atoms with Gasteiger partial charge in [-0.2, -0.15) is 0 Å². The lowest BCUT2D eigenvalue weighted by Crippen LogP contribution is -2.37. The van der Waals surface area contributed by atoms with E-state index in [2.05, 4.69) is 40.7 Å². The molecule has 3 heterocycles. The summed E-state index contributed by atoms with van der Waals surface area (Å²) in [6.07, 6.45) is 4.91. The van der Waals surface area contributed by atoms with Crippen molar-refractivity contribution in [2.45, 2.75) is 49.7 Å². The molecule has 5 nitrogen and oxygen atoms in total. The summed E-state index contributed by atoms with van der Waals surface area (Å²) in [7, 11) is 0. The maximum Gasteiger partial charge on any atom is 0.255 e. The Labute approximate surface area is 220 Å². The molecule has 0 spiro atoms. The predicted octanol–water partition coefficient (Wildman–Crippen LogP) is 6.48. The molecule has 1 aliphatic heterocycles. The minimum atomic E-state index is -0.414. The molecule has 36 heavy (non-hydrogen) atoms. The Hall–Kier alpha value is -3.16. The number of hydrogen-bond acceptors (Lipinski definition) is 6. The fraction of sp³-hybridized carbons (Fsp3) is 0.276. The first-order valence-electron chi connectivity index (χ1n) is 12.0. The third kappa shape index (κ3) is 4.65. The number of pyridine rings is 1. The minimum absolute atomic E-state index is 0.102. The van der Waals surface area contributed by atoms with Crippen LogP contribution in [0.15, 0.2) is 81.5 Å². The molecule has 2 aromatic heterocycles. The molecule has 3 aromatic rings. The van der Waals surface area contributed by atoms with Gasteiger partial charge in [-0.15, -0.1) is 23.1 Å². The van der Waals surface area contributed by atoms with Crippen molar-refractivity contribution in [3.05, 3.63) is 98.8 Å². The van der Waals surface area contributed by atoms with Gasteiger partial charge in [-0.1, -0.05) is 30.3 Å². The second-order valence-corrected chi connectivity index (χ2v) is 11.7. The number of Topliss-reactive ketones (excluding diaryl/α,β-unsaturated/α-hetero) is 1. The number of thiophene rings is 1. The number of nitrogens with zero attached hydrogens (tertiary/aromatic N) is 1. The molecule has 0 radical (unpaired) electrons. The van der Waals surface area contributed by atoms with Gasteiger partial charge in [0.1, 0.15) is 5.82 Å². The molecule has 2 N–H and O–H groups in total. The second kappa shape index (κ2) is 10.1. The number of allylic oxidation sites excluding steroid dienone is 3. The molecule has 2 aliphatic rings. The molecule has 5 rings (SSSR count). The van der Waals surface area contributed by atoms with Crippen LogP contribution in [-0.4, -0.2) is 22.9 Å². The van der Waals surface area contributed by atoms with Crippen LogP contribution in [0.1, 0.15) is 53.2 Å². The lowest BCUT2D eigenvalue weighted by Gasteiger charge is -2.37. The summed E-state index contributed by atoms with van der Waals surface area (Å²) >= 11 is 3.38. The molecule has 0 saturated carbocycles. The average Bonchev–Trinajstić information content (AvgIpc) is 3.23. The Morgan fingerprint density at radius 1 is 1.11 bits per heavy atom. The Balaban J connectivity index is 1.59. The van der Waals surface area contributed by atoms with Crippen molar-refractivity contribution in [3.63, 3.8) is 0 Å². The van der Waals surface area contributed by atoms with Crippen molar-refractivity contribution in [1.82, 2.24) is 10.3 Å². The van der Waals surface area contributed by atoms with Gasteiger partial charge in [0.25, 0.3) is 5.91 Å². The number of nitrogens with one attached hydrogen (secondary N) is 2. The van der Waals surface area contributed by atoms with Crippen LogP contribution in [0.3, 0.4) is 0 Å². The van der Waals surface area contributed by atoms with E-state index in [1.807, 2.05) is 50.4 Å². The topological polar surface area (TPSA) is 71.1 Å². The molecule has 1 aliphatic carbocycles. The monoisotopic (exact) mass is 515 g/mol. The zero-order chi connectivity index (χ0) is 25.4. The third-order valence-corrected chi connectivity index (χ3v) is 9.06. The van der Waals surface area contributed by atoms with Crippen molar-refractivity contribution in [2.75, 3.05) is 11.6 Å². The number of carbonyl (C=O) groups is 2. The SMILES string of the molecule is CSc1sc(C)cc1[C@H]1C(C(=O)Nc2cc(C)ccn2)=C(C)NC2=C1C(=O)C[C@@H](c1ccccc1)C2. The number of aromatic nitrogens is 1. The van der Waals surface area contributed by atoms with Gasteiger partial charge in [-0.25, -0.2) is 4.98 Å². The molecule has 1 amide bonds. The fourth-order valence-electron chi connectivity index (χ4n) is 5.27. The molecule has 0 unspecified atom stereocenters. The van der Waals surface area contributed by atoms with Gasteiger partial charge in [-0.05, 0) is 74.3 Å². The van der Waals surface area contributed by atoms with E-state index < -0.39 is 5.92 Å². The van der Waals surface area contributed by atoms with Gasteiger partial charge in [0, 0.05) is 46.0 Å². The lowest BCUT2D eigenvalue weighted by atomic mass is 9.72. The van der Waals surface area contributed by atoms with Crippen LogP contribution >= 0.6 is 23.1 Å². The number of aryl methyl sites for hydroxylation is 2. The highest BCUT2D eigenvalue weighted by molar-refractivity contribution is 8.00. The first-order valence-corrected chi connectivity index (χ1v) is 14.1. The first-order chi connectivity index (χ1) is 17.4. The van der Waals surface area contributed by atoms with Gasteiger partial charge >= 0.3 is 0 Å². The third-order valence-electron chi connectivity index (χ3n) is 6.84. The van der Waals surface area contributed by atoms with Crippen LogP contribution < -0.4 is 10.6 Å². The van der Waals surface area contributed by atoms with Crippen molar-refractivity contribution < 1.29 is 9.59 Å². The van der Waals surface area contributed by atoms with Crippen LogP contribution in [-0.2, 0) is 9.59 Å². The standard InChI is InChI=1S/C29H29N3O2S2/c1-16-10-11-30-24(12-16)32-28(34)25-18(3)31-22-14-20(19-8-6-5-7-9-19)15-23(33)27(22)26(25)21-13-17(2)36-29(21)35-4/h5-13,20,26,31H,14-15H2,1-4H3,(H,30,32,34)/t20-,26-/m0/s1. The lowest BCUT2D eigenvalue weighted by molar-refractivity contribution is -0.116. The van der Waals surface area contributed by atoms with Crippen LogP contribution in [0, 0.1) is 13.8 Å². The van der Waals surface area contributed by atoms with Crippen molar-refractivity contribution in [3.8, 4) is 0 Å². The van der Waals surface area contributed by atoms with Crippen LogP contribution in [0.2, 0.25) is 0 Å². The molecule has 0 saturated heterocycles. The molecule has 0 bridgehead atoms. The largest absolute Gasteiger partial charge is 0.362 e. The summed E-state index contributed by atoms with van der Waals surface area (Å²) in [4.78, 5) is 33.1. The Bertz CT molecular complexity index is 1400. The van der Waals surface area contributed by atoms with E-state index >= 15 is 0 Å². The van der Waals surface area contributed by atoms with Gasteiger partial charge in [0.15, 0.2) is 5.78 Å². The van der Waals surface area contributed by atoms with E-state index in [1.165, 1.54) is 10.4 Å². The molecule has 1 aromatic carbocycles. The van der Waals surface area contributed by atoms with E-state index in [9.17, 15) is 9.59 Å². The van der Waals surface area contributed by atoms with Crippen molar-refractivity contribution in [2.24, 2.45) is 0 Å². The average molecular weight is 516 g/mol. The summed E-state index contributed by atoms with van der Waals surface area (Å²) in [6.45, 7) is 5.97. The maximum atomic E-state index is 13.8. The van der Waals surface area contributed by atoms with Gasteiger partial charge in [0.2, 0.25) is 0 Å². The van der Waals surface area contributed by atoms with E-state index in [0.29, 0.717) is 17.8 Å². The van der Waals surface area contributed by atoms with E-state index in [4.69, 9.17) is 0 Å². The zero-order valence-corrected chi connectivity index (χ0v) is 22.5. The summed E-state index contributed by atoms with van der Waals surface area (Å²) in [5.41, 5.74) is 6.24. The molecule has 184 valence electrons. The normalized spacial score (nSPS) is 19.7. The highest BCUT2D eigenvalue weighted by Crippen LogP contribution is 2.49. The minimum Gasteiger partial charge on any atom is -0.362 e. The van der Waals surface area contributed by atoms with Crippen LogP contribution in [0.4, 0.5) is 5.82 Å². The number of hydrogen-bond donors (Lipinski definition) is 2. The zero-order valence-electron chi connectivity index (χ0n) is 20.8. The number of ketones is 1. The quantitative estimate of drug-likeness (QED) is 0.381. The number of rotatable bonds is 5. The summed E-state index contributed by atoms with van der Waals surface area (Å²) < 4.78 is 1.14. The van der Waals surface area contributed by atoms with E-state index in [-0.39, 0.29) is 17.6 Å². The van der Waals surface area contributed by atoms with E-state index in [1.54, 1.807) is 29.3 Å². The molecular formula is C29H29N3O2S2. The van der Waals surface area contributed by atoms with E-state index in [0.717, 1.165) is 38.7 Å². The first kappa shape index (κ1) is 24.5. The van der Waals surface area contributed by atoms with Crippen LogP contribution in [0.5, 0.6) is 0 Å².